The Kier molecular flexibility index (Phi) is 4.77. The lowest BCUT2D eigenvalue weighted by Gasteiger charge is -2.37. The van der Waals surface area contributed by atoms with E-state index in [1.165, 1.54) is 25.7 Å². The van der Waals surface area contributed by atoms with Crippen molar-refractivity contribution in [3.05, 3.63) is 41.0 Å². The van der Waals surface area contributed by atoms with Gasteiger partial charge in [0.25, 0.3) is 5.91 Å². The van der Waals surface area contributed by atoms with Gasteiger partial charge in [-0.3, -0.25) is 14.8 Å². The number of rotatable bonds is 3. The van der Waals surface area contributed by atoms with E-state index in [4.69, 9.17) is 11.6 Å². The van der Waals surface area contributed by atoms with E-state index in [0.29, 0.717) is 16.4 Å². The van der Waals surface area contributed by atoms with Crippen LogP contribution in [0, 0.1) is 0 Å². The molecule has 6 heteroatoms. The first-order chi connectivity index (χ1) is 12.2. The van der Waals surface area contributed by atoms with Gasteiger partial charge in [-0.25, -0.2) is 0 Å². The minimum absolute atomic E-state index is 0.0249. The summed E-state index contributed by atoms with van der Waals surface area (Å²) >= 11 is 6.22. The second-order valence-corrected chi connectivity index (χ2v) is 7.32. The number of aromatic nitrogens is 2. The Hall–Kier alpha value is -1.85. The minimum atomic E-state index is 0.0249. The molecule has 1 aliphatic carbocycles. The Morgan fingerprint density at radius 1 is 1.12 bits per heavy atom. The maximum Gasteiger partial charge on any atom is 0.271 e. The molecule has 1 N–H and O–H groups in total. The lowest BCUT2D eigenvalue weighted by molar-refractivity contribution is 0.0568. The number of aromatic amines is 1. The molecule has 25 heavy (non-hydrogen) atoms. The van der Waals surface area contributed by atoms with Crippen molar-refractivity contribution >= 4 is 17.5 Å². The Morgan fingerprint density at radius 2 is 1.84 bits per heavy atom. The summed E-state index contributed by atoms with van der Waals surface area (Å²) < 4.78 is 0. The molecule has 0 atom stereocenters. The van der Waals surface area contributed by atoms with Crippen LogP contribution < -0.4 is 0 Å². The highest BCUT2D eigenvalue weighted by Crippen LogP contribution is 2.27. The van der Waals surface area contributed by atoms with E-state index < -0.39 is 0 Å². The number of H-pyrrole nitrogens is 1. The number of carbonyl (C=O) groups is 1. The minimum Gasteiger partial charge on any atom is -0.335 e. The Labute approximate surface area is 153 Å². The van der Waals surface area contributed by atoms with E-state index in [0.717, 1.165) is 37.8 Å². The standard InChI is InChI=1S/C19H23ClN4O/c20-16-8-4-3-7-15(16)17-13-18(22-21-17)19(25)24-11-9-23(10-12-24)14-5-1-2-6-14/h3-4,7-8,13-14H,1-2,5-6,9-12H2,(H,21,22). The highest BCUT2D eigenvalue weighted by molar-refractivity contribution is 6.33. The number of piperazine rings is 1. The number of benzene rings is 1. The van der Waals surface area contributed by atoms with Crippen molar-refractivity contribution in [1.29, 1.82) is 0 Å². The average Bonchev–Trinajstić information content (AvgIpc) is 3.34. The molecular formula is C19H23ClN4O. The van der Waals surface area contributed by atoms with Gasteiger partial charge in [-0.05, 0) is 25.0 Å². The summed E-state index contributed by atoms with van der Waals surface area (Å²) in [7, 11) is 0. The predicted octanol–water partition coefficient (Wildman–Crippen LogP) is 3.43. The Balaban J connectivity index is 1.41. The lowest BCUT2D eigenvalue weighted by atomic mass is 10.1. The van der Waals surface area contributed by atoms with E-state index >= 15 is 0 Å². The summed E-state index contributed by atoms with van der Waals surface area (Å²) in [6, 6.07) is 10.1. The van der Waals surface area contributed by atoms with Crippen molar-refractivity contribution in [2.24, 2.45) is 0 Å². The van der Waals surface area contributed by atoms with Crippen molar-refractivity contribution in [3.8, 4) is 11.3 Å². The highest BCUT2D eigenvalue weighted by Gasteiger charge is 2.28. The molecular weight excluding hydrogens is 336 g/mol. The van der Waals surface area contributed by atoms with E-state index in [1.54, 1.807) is 6.07 Å². The van der Waals surface area contributed by atoms with Gasteiger partial charge in [0.15, 0.2) is 0 Å². The molecule has 1 aromatic carbocycles. The molecule has 0 bridgehead atoms. The topological polar surface area (TPSA) is 52.2 Å². The van der Waals surface area contributed by atoms with E-state index in [1.807, 2.05) is 29.2 Å². The van der Waals surface area contributed by atoms with Crippen molar-refractivity contribution in [2.75, 3.05) is 26.2 Å². The number of halogens is 1. The second-order valence-electron chi connectivity index (χ2n) is 6.91. The molecule has 1 saturated carbocycles. The number of hydrogen-bond acceptors (Lipinski definition) is 3. The SMILES string of the molecule is O=C(c1cc(-c2ccccc2Cl)n[nH]1)N1CCN(C2CCCC2)CC1. The average molecular weight is 359 g/mol. The van der Waals surface area contributed by atoms with Crippen LogP contribution in [-0.4, -0.2) is 58.1 Å². The molecule has 2 fully saturated rings. The van der Waals surface area contributed by atoms with Crippen molar-refractivity contribution in [2.45, 2.75) is 31.7 Å². The molecule has 1 saturated heterocycles. The summed E-state index contributed by atoms with van der Waals surface area (Å²) in [5.74, 6) is 0.0249. The number of hydrogen-bond donors (Lipinski definition) is 1. The van der Waals surface area contributed by atoms with Crippen molar-refractivity contribution in [3.63, 3.8) is 0 Å². The van der Waals surface area contributed by atoms with E-state index in [-0.39, 0.29) is 5.91 Å². The zero-order valence-corrected chi connectivity index (χ0v) is 15.0. The zero-order valence-electron chi connectivity index (χ0n) is 14.2. The highest BCUT2D eigenvalue weighted by atomic mass is 35.5. The predicted molar refractivity (Wildman–Crippen MR) is 98.8 cm³/mol. The van der Waals surface area contributed by atoms with Crippen LogP contribution in [0.1, 0.15) is 36.2 Å². The largest absolute Gasteiger partial charge is 0.335 e. The van der Waals surface area contributed by atoms with Crippen LogP contribution in [0.3, 0.4) is 0 Å². The molecule has 0 unspecified atom stereocenters. The summed E-state index contributed by atoms with van der Waals surface area (Å²) in [4.78, 5) is 17.2. The van der Waals surface area contributed by atoms with Crippen LogP contribution >= 0.6 is 11.6 Å². The first-order valence-electron chi connectivity index (χ1n) is 9.06. The quantitative estimate of drug-likeness (QED) is 0.914. The van der Waals surface area contributed by atoms with Gasteiger partial charge < -0.3 is 4.90 Å². The van der Waals surface area contributed by atoms with Crippen LogP contribution in [0.2, 0.25) is 5.02 Å². The molecule has 1 aliphatic heterocycles. The van der Waals surface area contributed by atoms with Crippen LogP contribution in [0.4, 0.5) is 0 Å². The van der Waals surface area contributed by atoms with Gasteiger partial charge in [-0.2, -0.15) is 5.10 Å². The fraction of sp³-hybridized carbons (Fsp3) is 0.474. The number of nitrogens with one attached hydrogen (secondary N) is 1. The zero-order chi connectivity index (χ0) is 17.2. The van der Waals surface area contributed by atoms with Gasteiger partial charge in [0.2, 0.25) is 0 Å². The van der Waals surface area contributed by atoms with Gasteiger partial charge >= 0.3 is 0 Å². The van der Waals surface area contributed by atoms with Crippen molar-refractivity contribution < 1.29 is 4.79 Å². The molecule has 2 aromatic rings. The molecule has 0 spiro atoms. The van der Waals surface area contributed by atoms with E-state index in [2.05, 4.69) is 15.1 Å². The molecule has 1 aromatic heterocycles. The first-order valence-corrected chi connectivity index (χ1v) is 9.44. The van der Waals surface area contributed by atoms with Crippen LogP contribution in [0.25, 0.3) is 11.3 Å². The fourth-order valence-electron chi connectivity index (χ4n) is 3.97. The van der Waals surface area contributed by atoms with Gasteiger partial charge in [0.1, 0.15) is 5.69 Å². The third kappa shape index (κ3) is 3.44. The summed E-state index contributed by atoms with van der Waals surface area (Å²) in [5.41, 5.74) is 2.08. The molecule has 2 heterocycles. The number of carbonyl (C=O) groups excluding carboxylic acids is 1. The third-order valence-electron chi connectivity index (χ3n) is 5.40. The fourth-order valence-corrected chi connectivity index (χ4v) is 4.20. The summed E-state index contributed by atoms with van der Waals surface area (Å²) in [5, 5.41) is 7.79. The lowest BCUT2D eigenvalue weighted by Crippen LogP contribution is -2.51. The molecule has 1 amide bonds. The Morgan fingerprint density at radius 3 is 2.56 bits per heavy atom. The van der Waals surface area contributed by atoms with Gasteiger partial charge in [0.05, 0.1) is 10.7 Å². The van der Waals surface area contributed by atoms with Gasteiger partial charge in [0, 0.05) is 37.8 Å². The number of amides is 1. The summed E-state index contributed by atoms with van der Waals surface area (Å²) in [6.07, 6.45) is 5.33. The van der Waals surface area contributed by atoms with Crippen LogP contribution in [0.5, 0.6) is 0 Å². The Bertz CT molecular complexity index is 745. The summed E-state index contributed by atoms with van der Waals surface area (Å²) in [6.45, 7) is 3.52. The number of nitrogens with zero attached hydrogens (tertiary/aromatic N) is 3. The first kappa shape index (κ1) is 16.6. The van der Waals surface area contributed by atoms with E-state index in [9.17, 15) is 4.79 Å². The maximum atomic E-state index is 12.8. The van der Waals surface area contributed by atoms with Gasteiger partial charge in [-0.15, -0.1) is 0 Å². The molecule has 132 valence electrons. The molecule has 5 nitrogen and oxygen atoms in total. The van der Waals surface area contributed by atoms with Crippen LogP contribution in [-0.2, 0) is 0 Å². The maximum absolute atomic E-state index is 12.8. The third-order valence-corrected chi connectivity index (χ3v) is 5.73. The normalized spacial score (nSPS) is 19.5. The second kappa shape index (κ2) is 7.18. The van der Waals surface area contributed by atoms with Crippen LogP contribution in [0.15, 0.2) is 30.3 Å². The monoisotopic (exact) mass is 358 g/mol. The van der Waals surface area contributed by atoms with Gasteiger partial charge in [-0.1, -0.05) is 42.6 Å². The van der Waals surface area contributed by atoms with Crippen molar-refractivity contribution in [1.82, 2.24) is 20.0 Å². The smallest absolute Gasteiger partial charge is 0.271 e. The molecule has 4 rings (SSSR count). The molecule has 0 radical (unpaired) electrons. The molecule has 2 aliphatic rings.